The summed E-state index contributed by atoms with van der Waals surface area (Å²) in [5.74, 6) is -0.796. The van der Waals surface area contributed by atoms with Gasteiger partial charge in [0.15, 0.2) is 0 Å². The van der Waals surface area contributed by atoms with Crippen LogP contribution in [0.4, 0.5) is 10.5 Å². The molecular weight excluding hydrogens is 442 g/mol. The number of amides is 3. The molecule has 0 spiro atoms. The number of benzene rings is 2. The minimum Gasteiger partial charge on any atom is -0.481 e. The van der Waals surface area contributed by atoms with E-state index in [0.717, 1.165) is 49.8 Å². The lowest BCUT2D eigenvalue weighted by molar-refractivity contribution is -0.136. The normalized spacial score (nSPS) is 12.4. The number of carbonyl (C=O) groups excluding carboxylic acids is 2. The molecule has 3 amide bonds. The van der Waals surface area contributed by atoms with E-state index >= 15 is 0 Å². The molecule has 0 aliphatic heterocycles. The Bertz CT molecular complexity index is 942. The monoisotopic (exact) mass is 481 g/mol. The van der Waals surface area contributed by atoms with Crippen LogP contribution in [-0.4, -0.2) is 29.6 Å². The second-order valence-corrected chi connectivity index (χ2v) is 8.88. The van der Waals surface area contributed by atoms with Gasteiger partial charge in [-0.15, -0.1) is 0 Å². The van der Waals surface area contributed by atoms with Crippen LogP contribution in [0.15, 0.2) is 48.5 Å². The van der Waals surface area contributed by atoms with Crippen LogP contribution in [0, 0.1) is 5.92 Å². The van der Waals surface area contributed by atoms with Crippen molar-refractivity contribution in [1.82, 2.24) is 10.6 Å². The van der Waals surface area contributed by atoms with Gasteiger partial charge in [0.25, 0.3) is 5.91 Å². The Morgan fingerprint density at radius 2 is 1.63 bits per heavy atom. The minimum atomic E-state index is -0.956. The molecule has 0 aromatic heterocycles. The summed E-state index contributed by atoms with van der Waals surface area (Å²) in [6, 6.07) is 14.5. The van der Waals surface area contributed by atoms with Crippen molar-refractivity contribution in [3.63, 3.8) is 0 Å². The number of carboxylic acids is 1. The molecule has 2 atom stereocenters. The van der Waals surface area contributed by atoms with E-state index < -0.39 is 5.97 Å². The lowest BCUT2D eigenvalue weighted by Crippen LogP contribution is -2.33. The van der Waals surface area contributed by atoms with Gasteiger partial charge >= 0.3 is 12.0 Å². The molecule has 190 valence electrons. The van der Waals surface area contributed by atoms with Crippen LogP contribution in [0.25, 0.3) is 0 Å². The molecule has 0 aliphatic rings. The highest BCUT2D eigenvalue weighted by Crippen LogP contribution is 2.27. The maximum absolute atomic E-state index is 12.8. The number of aliphatic carboxylic acids is 1. The van der Waals surface area contributed by atoms with Gasteiger partial charge < -0.3 is 21.1 Å². The Hall–Kier alpha value is -3.35. The number of hydrogen-bond acceptors (Lipinski definition) is 3. The highest BCUT2D eigenvalue weighted by atomic mass is 16.4. The largest absolute Gasteiger partial charge is 0.481 e. The second kappa shape index (κ2) is 14.8. The molecule has 0 fully saturated rings. The third-order valence-electron chi connectivity index (χ3n) is 6.24. The van der Waals surface area contributed by atoms with Crippen molar-refractivity contribution in [1.29, 1.82) is 0 Å². The Kier molecular flexibility index (Phi) is 11.8. The van der Waals surface area contributed by atoms with Crippen LogP contribution in [-0.2, 0) is 11.2 Å². The predicted octanol–water partition coefficient (Wildman–Crippen LogP) is 5.92. The summed E-state index contributed by atoms with van der Waals surface area (Å²) >= 11 is 0. The van der Waals surface area contributed by atoms with Gasteiger partial charge in [-0.1, -0.05) is 70.7 Å². The molecule has 7 heteroatoms. The van der Waals surface area contributed by atoms with E-state index in [4.69, 9.17) is 5.11 Å². The van der Waals surface area contributed by atoms with Gasteiger partial charge in [0.05, 0.1) is 12.5 Å². The average molecular weight is 482 g/mol. The van der Waals surface area contributed by atoms with E-state index in [0.29, 0.717) is 11.5 Å². The zero-order valence-corrected chi connectivity index (χ0v) is 21.1. The van der Waals surface area contributed by atoms with Gasteiger partial charge in [0, 0.05) is 17.8 Å². The highest BCUT2D eigenvalue weighted by Gasteiger charge is 2.20. The first kappa shape index (κ1) is 27.9. The highest BCUT2D eigenvalue weighted by molar-refractivity contribution is 5.94. The number of carbonyl (C=O) groups is 3. The summed E-state index contributed by atoms with van der Waals surface area (Å²) < 4.78 is 0. The van der Waals surface area contributed by atoms with E-state index in [1.165, 1.54) is 5.56 Å². The lowest BCUT2D eigenvalue weighted by Gasteiger charge is -2.25. The Balaban J connectivity index is 2.12. The van der Waals surface area contributed by atoms with Crippen molar-refractivity contribution in [3.05, 3.63) is 65.2 Å². The van der Waals surface area contributed by atoms with Crippen molar-refractivity contribution >= 4 is 23.6 Å². The SMILES string of the molecule is CCCCC(CC)CC(NC(=O)Nc1ccc(CC)cc1)c1ccc(C(=O)NCCC(=O)O)cc1. The molecule has 4 N–H and O–H groups in total. The van der Waals surface area contributed by atoms with E-state index in [2.05, 4.69) is 36.7 Å². The number of urea groups is 1. The van der Waals surface area contributed by atoms with Crippen molar-refractivity contribution in [2.75, 3.05) is 11.9 Å². The first-order chi connectivity index (χ1) is 16.9. The maximum atomic E-state index is 12.8. The fourth-order valence-corrected chi connectivity index (χ4v) is 3.99. The summed E-state index contributed by atoms with van der Waals surface area (Å²) in [4.78, 5) is 35.8. The molecule has 0 bridgehead atoms. The van der Waals surface area contributed by atoms with Crippen LogP contribution in [0.1, 0.15) is 86.8 Å². The minimum absolute atomic E-state index is 0.0785. The molecule has 2 unspecified atom stereocenters. The zero-order valence-electron chi connectivity index (χ0n) is 21.1. The summed E-state index contributed by atoms with van der Waals surface area (Å²) in [7, 11) is 0. The molecule has 7 nitrogen and oxygen atoms in total. The Morgan fingerprint density at radius 1 is 0.943 bits per heavy atom. The number of carboxylic acid groups (broad SMARTS) is 1. The molecule has 35 heavy (non-hydrogen) atoms. The summed E-state index contributed by atoms with van der Waals surface area (Å²) in [6.07, 6.45) is 6.05. The predicted molar refractivity (Wildman–Crippen MR) is 140 cm³/mol. The third-order valence-corrected chi connectivity index (χ3v) is 6.24. The molecule has 0 saturated heterocycles. The molecular formula is C28H39N3O4. The number of unbranched alkanes of at least 4 members (excludes halogenated alkanes) is 1. The Morgan fingerprint density at radius 3 is 2.20 bits per heavy atom. The van der Waals surface area contributed by atoms with Crippen LogP contribution in [0.3, 0.4) is 0 Å². The summed E-state index contributed by atoms with van der Waals surface area (Å²) in [5.41, 5.74) is 3.34. The molecule has 0 aliphatic carbocycles. The van der Waals surface area contributed by atoms with E-state index in [-0.39, 0.29) is 30.9 Å². The molecule has 0 heterocycles. The lowest BCUT2D eigenvalue weighted by atomic mass is 9.89. The smallest absolute Gasteiger partial charge is 0.319 e. The first-order valence-corrected chi connectivity index (χ1v) is 12.6. The summed E-state index contributed by atoms with van der Waals surface area (Å²) in [6.45, 7) is 6.53. The van der Waals surface area contributed by atoms with E-state index in [9.17, 15) is 14.4 Å². The molecule has 2 rings (SSSR count). The number of aryl methyl sites for hydroxylation is 1. The number of rotatable bonds is 14. The topological polar surface area (TPSA) is 108 Å². The van der Waals surface area contributed by atoms with Crippen molar-refractivity contribution in [2.24, 2.45) is 5.92 Å². The van der Waals surface area contributed by atoms with Crippen LogP contribution >= 0.6 is 0 Å². The van der Waals surface area contributed by atoms with Gasteiger partial charge in [0.2, 0.25) is 0 Å². The standard InChI is InChI=1S/C28H39N3O4/c1-4-7-8-21(6-3)19-25(31-28(35)30-24-15-9-20(5-2)10-16-24)22-11-13-23(14-12-22)27(34)29-18-17-26(32)33/h9-16,21,25H,4-8,17-19H2,1-3H3,(H,29,34)(H,32,33)(H2,30,31,35). The molecule has 2 aromatic carbocycles. The second-order valence-electron chi connectivity index (χ2n) is 8.88. The number of nitrogens with one attached hydrogen (secondary N) is 3. The fourth-order valence-electron chi connectivity index (χ4n) is 3.99. The van der Waals surface area contributed by atoms with Gasteiger partial charge in [-0.2, -0.15) is 0 Å². The van der Waals surface area contributed by atoms with Gasteiger partial charge in [-0.05, 0) is 54.2 Å². The quantitative estimate of drug-likeness (QED) is 0.268. The number of anilines is 1. The van der Waals surface area contributed by atoms with Crippen molar-refractivity contribution < 1.29 is 19.5 Å². The average Bonchev–Trinajstić information content (AvgIpc) is 2.86. The third kappa shape index (κ3) is 9.81. The van der Waals surface area contributed by atoms with Crippen molar-refractivity contribution in [3.8, 4) is 0 Å². The number of hydrogen-bond donors (Lipinski definition) is 4. The van der Waals surface area contributed by atoms with Gasteiger partial charge in [-0.25, -0.2) is 4.79 Å². The molecule has 2 aromatic rings. The first-order valence-electron chi connectivity index (χ1n) is 12.6. The molecule has 0 radical (unpaired) electrons. The Labute approximate surface area is 208 Å². The van der Waals surface area contributed by atoms with E-state index in [1.807, 2.05) is 36.4 Å². The van der Waals surface area contributed by atoms with E-state index in [1.54, 1.807) is 12.1 Å². The summed E-state index contributed by atoms with van der Waals surface area (Å²) in [5, 5.41) is 17.4. The van der Waals surface area contributed by atoms with Crippen LogP contribution < -0.4 is 16.0 Å². The van der Waals surface area contributed by atoms with Gasteiger partial charge in [0.1, 0.15) is 0 Å². The fraction of sp³-hybridized carbons (Fsp3) is 0.464. The van der Waals surface area contributed by atoms with Crippen LogP contribution in [0.5, 0.6) is 0 Å². The molecule has 0 saturated carbocycles. The van der Waals surface area contributed by atoms with Crippen molar-refractivity contribution in [2.45, 2.75) is 71.8 Å². The van der Waals surface area contributed by atoms with Crippen LogP contribution in [0.2, 0.25) is 0 Å². The van der Waals surface area contributed by atoms with Gasteiger partial charge in [-0.3, -0.25) is 9.59 Å². The zero-order chi connectivity index (χ0) is 25.6. The maximum Gasteiger partial charge on any atom is 0.319 e.